The molecule has 1 aromatic rings. The number of benzene rings is 1. The van der Waals surface area contributed by atoms with E-state index in [4.69, 9.17) is 14.2 Å². The Balaban J connectivity index is 1.67. The number of aliphatic hydroxyl groups is 1. The first-order valence-corrected chi connectivity index (χ1v) is 7.83. The summed E-state index contributed by atoms with van der Waals surface area (Å²) in [6.07, 6.45) is -0.0388. The van der Waals surface area contributed by atoms with Crippen LogP contribution in [0.2, 0.25) is 0 Å². The average molecular weight is 309 g/mol. The van der Waals surface area contributed by atoms with Gasteiger partial charge in [-0.15, -0.1) is 0 Å². The van der Waals surface area contributed by atoms with E-state index in [1.165, 1.54) is 0 Å². The normalized spacial score (nSPS) is 24.2. The highest BCUT2D eigenvalue weighted by atomic mass is 16.5. The molecule has 1 heterocycles. The number of methoxy groups -OCH3 is 1. The molecule has 22 heavy (non-hydrogen) atoms. The summed E-state index contributed by atoms with van der Waals surface area (Å²) in [5.41, 5.74) is 1.07. The topological polar surface area (TPSA) is 51.2 Å². The molecule has 0 amide bonds. The van der Waals surface area contributed by atoms with Crippen LogP contribution in [-0.4, -0.2) is 61.7 Å². The summed E-state index contributed by atoms with van der Waals surface area (Å²) < 4.78 is 16.4. The monoisotopic (exact) mass is 309 g/mol. The van der Waals surface area contributed by atoms with Crippen LogP contribution >= 0.6 is 0 Å². The highest BCUT2D eigenvalue weighted by Gasteiger charge is 2.23. The second-order valence-electron chi connectivity index (χ2n) is 5.99. The molecule has 0 unspecified atom stereocenters. The van der Waals surface area contributed by atoms with Crippen molar-refractivity contribution in [3.8, 4) is 5.75 Å². The van der Waals surface area contributed by atoms with Crippen molar-refractivity contribution < 1.29 is 19.3 Å². The predicted molar refractivity (Wildman–Crippen MR) is 85.1 cm³/mol. The van der Waals surface area contributed by atoms with Gasteiger partial charge in [-0.05, 0) is 31.5 Å². The lowest BCUT2D eigenvalue weighted by molar-refractivity contribution is -0.0826. The third-order valence-corrected chi connectivity index (χ3v) is 3.70. The number of nitrogens with zero attached hydrogens (tertiary/aromatic N) is 1. The van der Waals surface area contributed by atoms with Gasteiger partial charge >= 0.3 is 0 Å². The standard InChI is InChI=1S/C17H27NO4/c1-13-8-18(9-14(2)22-13)10-16(19)12-21-11-15-4-6-17(20-3)7-5-15/h4-7,13-14,16,19H,8-12H2,1-3H3/t13-,14-,16+/m0/s1. The first-order chi connectivity index (χ1) is 10.6. The molecular formula is C17H27NO4. The average Bonchev–Trinajstić information content (AvgIpc) is 2.47. The Labute approximate surface area is 132 Å². The highest BCUT2D eigenvalue weighted by Crippen LogP contribution is 2.13. The summed E-state index contributed by atoms with van der Waals surface area (Å²) >= 11 is 0. The number of rotatable bonds is 7. The number of aliphatic hydroxyl groups excluding tert-OH is 1. The molecule has 124 valence electrons. The molecule has 1 aliphatic heterocycles. The van der Waals surface area contributed by atoms with Gasteiger partial charge in [-0.25, -0.2) is 0 Å². The minimum absolute atomic E-state index is 0.219. The Morgan fingerprint density at radius 1 is 1.23 bits per heavy atom. The van der Waals surface area contributed by atoms with Crippen molar-refractivity contribution in [1.29, 1.82) is 0 Å². The fourth-order valence-electron chi connectivity index (χ4n) is 2.82. The molecule has 0 bridgehead atoms. The summed E-state index contributed by atoms with van der Waals surface area (Å²) in [5, 5.41) is 10.1. The van der Waals surface area contributed by atoms with Crippen LogP contribution in [0.4, 0.5) is 0 Å². The molecule has 0 aromatic heterocycles. The van der Waals surface area contributed by atoms with Crippen LogP contribution in [0.3, 0.4) is 0 Å². The van der Waals surface area contributed by atoms with Crippen LogP contribution in [0.1, 0.15) is 19.4 Å². The molecule has 1 aromatic carbocycles. The summed E-state index contributed by atoms with van der Waals surface area (Å²) in [4.78, 5) is 2.24. The minimum Gasteiger partial charge on any atom is -0.497 e. The molecule has 1 saturated heterocycles. The zero-order valence-electron chi connectivity index (χ0n) is 13.7. The molecular weight excluding hydrogens is 282 g/mol. The van der Waals surface area contributed by atoms with Crippen LogP contribution < -0.4 is 4.74 Å². The highest BCUT2D eigenvalue weighted by molar-refractivity contribution is 5.26. The Kier molecular flexibility index (Phi) is 6.64. The molecule has 0 radical (unpaired) electrons. The SMILES string of the molecule is COc1ccc(COC[C@H](O)CN2C[C@H](C)O[C@@H](C)C2)cc1. The fourth-order valence-corrected chi connectivity index (χ4v) is 2.82. The zero-order chi connectivity index (χ0) is 15.9. The number of ether oxygens (including phenoxy) is 3. The smallest absolute Gasteiger partial charge is 0.118 e. The second-order valence-corrected chi connectivity index (χ2v) is 5.99. The van der Waals surface area contributed by atoms with E-state index < -0.39 is 6.10 Å². The van der Waals surface area contributed by atoms with E-state index in [2.05, 4.69) is 18.7 Å². The van der Waals surface area contributed by atoms with Crippen molar-refractivity contribution in [1.82, 2.24) is 4.90 Å². The Morgan fingerprint density at radius 2 is 1.86 bits per heavy atom. The lowest BCUT2D eigenvalue weighted by Crippen LogP contribution is -2.48. The van der Waals surface area contributed by atoms with Gasteiger partial charge in [-0.2, -0.15) is 0 Å². The van der Waals surface area contributed by atoms with Gasteiger partial charge in [0.15, 0.2) is 0 Å². The molecule has 1 N–H and O–H groups in total. The maximum atomic E-state index is 10.1. The summed E-state index contributed by atoms with van der Waals surface area (Å²) in [6, 6.07) is 7.75. The fraction of sp³-hybridized carbons (Fsp3) is 0.647. The van der Waals surface area contributed by atoms with Crippen LogP contribution in [0, 0.1) is 0 Å². The number of hydrogen-bond acceptors (Lipinski definition) is 5. The van der Waals surface area contributed by atoms with E-state index in [9.17, 15) is 5.11 Å². The van der Waals surface area contributed by atoms with Crippen molar-refractivity contribution in [3.05, 3.63) is 29.8 Å². The zero-order valence-corrected chi connectivity index (χ0v) is 13.7. The van der Waals surface area contributed by atoms with E-state index in [1.54, 1.807) is 7.11 Å². The lowest BCUT2D eigenvalue weighted by atomic mass is 10.2. The maximum Gasteiger partial charge on any atom is 0.118 e. The van der Waals surface area contributed by atoms with Crippen LogP contribution in [0.5, 0.6) is 5.75 Å². The van der Waals surface area contributed by atoms with Gasteiger partial charge in [0.25, 0.3) is 0 Å². The largest absolute Gasteiger partial charge is 0.497 e. The molecule has 0 aliphatic carbocycles. The first kappa shape index (κ1) is 17.2. The molecule has 1 fully saturated rings. The third kappa shape index (κ3) is 5.57. The van der Waals surface area contributed by atoms with Gasteiger partial charge in [-0.1, -0.05) is 12.1 Å². The van der Waals surface area contributed by atoms with Crippen molar-refractivity contribution in [3.63, 3.8) is 0 Å². The second kappa shape index (κ2) is 8.48. The predicted octanol–water partition coefficient (Wildman–Crippen LogP) is 1.68. The summed E-state index contributed by atoms with van der Waals surface area (Å²) in [7, 11) is 1.65. The van der Waals surface area contributed by atoms with Crippen LogP contribution in [0.15, 0.2) is 24.3 Å². The molecule has 5 nitrogen and oxygen atoms in total. The summed E-state index contributed by atoms with van der Waals surface area (Å²) in [6.45, 7) is 7.31. The van der Waals surface area contributed by atoms with Gasteiger partial charge in [-0.3, -0.25) is 4.90 Å². The molecule has 1 aliphatic rings. The lowest BCUT2D eigenvalue weighted by Gasteiger charge is -2.36. The number of β-amino-alcohol motifs (C(OH)–C–C–N with tert-alkyl or cyclic N) is 1. The molecule has 2 rings (SSSR count). The van der Waals surface area contributed by atoms with E-state index in [0.29, 0.717) is 19.8 Å². The van der Waals surface area contributed by atoms with Crippen molar-refractivity contribution in [2.45, 2.75) is 38.8 Å². The van der Waals surface area contributed by atoms with E-state index >= 15 is 0 Å². The van der Waals surface area contributed by atoms with Crippen molar-refractivity contribution >= 4 is 0 Å². The quantitative estimate of drug-likeness (QED) is 0.830. The van der Waals surface area contributed by atoms with Gasteiger partial charge in [0.05, 0.1) is 38.6 Å². The minimum atomic E-state index is -0.476. The molecule has 0 spiro atoms. The maximum absolute atomic E-state index is 10.1. The molecule has 5 heteroatoms. The Bertz CT molecular complexity index is 427. The van der Waals surface area contributed by atoms with Crippen LogP contribution in [-0.2, 0) is 16.1 Å². The van der Waals surface area contributed by atoms with Gasteiger partial charge in [0, 0.05) is 19.6 Å². The number of morpholine rings is 1. The van der Waals surface area contributed by atoms with E-state index in [0.717, 1.165) is 24.4 Å². The molecule has 3 atom stereocenters. The first-order valence-electron chi connectivity index (χ1n) is 7.83. The summed E-state index contributed by atoms with van der Waals surface area (Å²) in [5.74, 6) is 0.833. The van der Waals surface area contributed by atoms with Crippen molar-refractivity contribution in [2.75, 3.05) is 33.4 Å². The van der Waals surface area contributed by atoms with E-state index in [1.807, 2.05) is 24.3 Å². The van der Waals surface area contributed by atoms with Gasteiger partial charge in [0.1, 0.15) is 5.75 Å². The number of hydrogen-bond donors (Lipinski definition) is 1. The van der Waals surface area contributed by atoms with Crippen LogP contribution in [0.25, 0.3) is 0 Å². The Morgan fingerprint density at radius 3 is 2.45 bits per heavy atom. The Hall–Kier alpha value is -1.14. The van der Waals surface area contributed by atoms with Gasteiger partial charge < -0.3 is 19.3 Å². The van der Waals surface area contributed by atoms with Gasteiger partial charge in [0.2, 0.25) is 0 Å². The molecule has 0 saturated carbocycles. The van der Waals surface area contributed by atoms with E-state index in [-0.39, 0.29) is 12.2 Å². The third-order valence-electron chi connectivity index (χ3n) is 3.70. The van der Waals surface area contributed by atoms with Crippen molar-refractivity contribution in [2.24, 2.45) is 0 Å².